The Hall–Kier alpha value is -3.24. The van der Waals surface area contributed by atoms with Crippen molar-refractivity contribution in [2.75, 3.05) is 18.2 Å². The van der Waals surface area contributed by atoms with E-state index in [-0.39, 0.29) is 23.1 Å². The largest absolute Gasteiger partial charge is 0.465 e. The predicted octanol–water partition coefficient (Wildman–Crippen LogP) is 4.18. The quantitative estimate of drug-likeness (QED) is 0.239. The van der Waals surface area contributed by atoms with Crippen LogP contribution in [0.25, 0.3) is 20.4 Å². The standard InChI is InChI=1S/C23H22N4O4S2/c1-13(2)11-27-21(29)19-18(16-5-4-10-24-20(16)33-19)26-23(27)32-12-17(28)25-15-8-6-14(7-9-15)22(30)31-3/h4-10,13H,11-12H2,1-3H3,(H,25,28). The number of ether oxygens (including phenoxy) is 1. The molecule has 170 valence electrons. The van der Waals surface area contributed by atoms with Gasteiger partial charge in [-0.25, -0.2) is 14.8 Å². The molecule has 4 aromatic rings. The number of rotatable bonds is 7. The number of benzene rings is 1. The Kier molecular flexibility index (Phi) is 6.75. The number of aromatic nitrogens is 3. The number of carbonyl (C=O) groups excluding carboxylic acids is 2. The van der Waals surface area contributed by atoms with E-state index < -0.39 is 5.97 Å². The fraction of sp³-hybridized carbons (Fsp3) is 0.261. The summed E-state index contributed by atoms with van der Waals surface area (Å²) < 4.78 is 6.89. The van der Waals surface area contributed by atoms with Crippen LogP contribution in [-0.4, -0.2) is 39.3 Å². The SMILES string of the molecule is COC(=O)c1ccc(NC(=O)CSc2nc3c(sc4ncccc43)c(=O)n2CC(C)C)cc1. The molecule has 0 aliphatic carbocycles. The van der Waals surface area contributed by atoms with Crippen LogP contribution in [0.15, 0.2) is 52.5 Å². The van der Waals surface area contributed by atoms with Crippen molar-refractivity contribution in [1.82, 2.24) is 14.5 Å². The van der Waals surface area contributed by atoms with Crippen LogP contribution in [0.3, 0.4) is 0 Å². The van der Waals surface area contributed by atoms with E-state index in [2.05, 4.69) is 15.0 Å². The molecule has 0 atom stereocenters. The average molecular weight is 483 g/mol. The lowest BCUT2D eigenvalue weighted by atomic mass is 10.2. The second-order valence-corrected chi connectivity index (χ2v) is 9.69. The monoisotopic (exact) mass is 482 g/mol. The van der Waals surface area contributed by atoms with Gasteiger partial charge >= 0.3 is 5.97 Å². The molecule has 0 unspecified atom stereocenters. The van der Waals surface area contributed by atoms with Gasteiger partial charge in [0.2, 0.25) is 5.91 Å². The first kappa shape index (κ1) is 22.9. The maximum absolute atomic E-state index is 13.3. The van der Waals surface area contributed by atoms with E-state index in [1.807, 2.05) is 26.0 Å². The van der Waals surface area contributed by atoms with Gasteiger partial charge in [0.15, 0.2) is 5.16 Å². The molecule has 1 amide bonds. The normalized spacial score (nSPS) is 11.3. The number of nitrogens with one attached hydrogen (secondary N) is 1. The molecule has 0 saturated heterocycles. The molecule has 10 heteroatoms. The minimum atomic E-state index is -0.441. The van der Waals surface area contributed by atoms with E-state index in [9.17, 15) is 14.4 Å². The van der Waals surface area contributed by atoms with Crippen molar-refractivity contribution in [1.29, 1.82) is 0 Å². The number of fused-ring (bicyclic) bond motifs is 3. The minimum absolute atomic E-state index is 0.0785. The first-order valence-corrected chi connectivity index (χ1v) is 12.1. The molecule has 1 aromatic carbocycles. The van der Waals surface area contributed by atoms with Crippen molar-refractivity contribution in [3.05, 3.63) is 58.5 Å². The highest BCUT2D eigenvalue weighted by molar-refractivity contribution is 7.99. The molecule has 0 radical (unpaired) electrons. The molecular formula is C23H22N4O4S2. The summed E-state index contributed by atoms with van der Waals surface area (Å²) >= 11 is 2.56. The van der Waals surface area contributed by atoms with Gasteiger partial charge in [0.05, 0.1) is 23.9 Å². The number of amides is 1. The van der Waals surface area contributed by atoms with Gasteiger partial charge in [-0.2, -0.15) is 0 Å². The summed E-state index contributed by atoms with van der Waals surface area (Å²) in [4.78, 5) is 47.2. The number of thioether (sulfide) groups is 1. The summed E-state index contributed by atoms with van der Waals surface area (Å²) in [5.41, 5.74) is 1.47. The molecule has 0 spiro atoms. The number of hydrogen-bond donors (Lipinski definition) is 1. The first-order valence-electron chi connectivity index (χ1n) is 10.3. The second-order valence-electron chi connectivity index (χ2n) is 7.75. The molecule has 3 heterocycles. The molecule has 1 N–H and O–H groups in total. The van der Waals surface area contributed by atoms with Crippen molar-refractivity contribution in [3.8, 4) is 0 Å². The van der Waals surface area contributed by atoms with Gasteiger partial charge in [-0.3, -0.25) is 14.2 Å². The number of nitrogens with zero attached hydrogens (tertiary/aromatic N) is 3. The number of thiophene rings is 1. The Morgan fingerprint density at radius 1 is 1.21 bits per heavy atom. The number of pyridine rings is 1. The zero-order chi connectivity index (χ0) is 23.5. The van der Waals surface area contributed by atoms with Gasteiger partial charge in [-0.15, -0.1) is 11.3 Å². The second kappa shape index (κ2) is 9.72. The van der Waals surface area contributed by atoms with Crippen LogP contribution in [-0.2, 0) is 16.1 Å². The van der Waals surface area contributed by atoms with Crippen LogP contribution in [0.2, 0.25) is 0 Å². The van der Waals surface area contributed by atoms with Crippen LogP contribution in [0, 0.1) is 5.92 Å². The van der Waals surface area contributed by atoms with E-state index in [0.29, 0.717) is 33.2 Å². The lowest BCUT2D eigenvalue weighted by molar-refractivity contribution is -0.113. The third-order valence-electron chi connectivity index (χ3n) is 4.79. The predicted molar refractivity (Wildman–Crippen MR) is 131 cm³/mol. The Labute approximate surface area is 198 Å². The van der Waals surface area contributed by atoms with Crippen molar-refractivity contribution < 1.29 is 14.3 Å². The summed E-state index contributed by atoms with van der Waals surface area (Å²) in [6.45, 7) is 4.56. The van der Waals surface area contributed by atoms with E-state index in [0.717, 1.165) is 10.2 Å². The molecule has 8 nitrogen and oxygen atoms in total. The molecule has 0 bridgehead atoms. The highest BCUT2D eigenvalue weighted by atomic mass is 32.2. The molecule has 0 aliphatic heterocycles. The molecule has 0 aliphatic rings. The van der Waals surface area contributed by atoms with Crippen LogP contribution in [0.5, 0.6) is 0 Å². The van der Waals surface area contributed by atoms with E-state index in [1.165, 1.54) is 30.2 Å². The zero-order valence-corrected chi connectivity index (χ0v) is 20.0. The van der Waals surface area contributed by atoms with Gasteiger partial charge in [0.25, 0.3) is 5.56 Å². The topological polar surface area (TPSA) is 103 Å². The third-order valence-corrected chi connectivity index (χ3v) is 6.85. The number of esters is 1. The summed E-state index contributed by atoms with van der Waals surface area (Å²) in [5, 5.41) is 4.14. The van der Waals surface area contributed by atoms with Gasteiger partial charge in [0, 0.05) is 23.8 Å². The minimum Gasteiger partial charge on any atom is -0.465 e. The summed E-state index contributed by atoms with van der Waals surface area (Å²) in [5.74, 6) is -0.372. The Balaban J connectivity index is 1.58. The van der Waals surface area contributed by atoms with Crippen molar-refractivity contribution in [2.24, 2.45) is 5.92 Å². The molecule has 0 fully saturated rings. The first-order chi connectivity index (χ1) is 15.9. The highest BCUT2D eigenvalue weighted by Gasteiger charge is 2.18. The third kappa shape index (κ3) is 4.91. The number of hydrogen-bond acceptors (Lipinski definition) is 8. The van der Waals surface area contributed by atoms with Crippen LogP contribution < -0.4 is 10.9 Å². The van der Waals surface area contributed by atoms with E-state index >= 15 is 0 Å². The number of methoxy groups -OCH3 is 1. The fourth-order valence-electron chi connectivity index (χ4n) is 3.31. The average Bonchev–Trinajstić information content (AvgIpc) is 3.18. The van der Waals surface area contributed by atoms with Crippen molar-refractivity contribution in [2.45, 2.75) is 25.5 Å². The number of carbonyl (C=O) groups is 2. The lowest BCUT2D eigenvalue weighted by Crippen LogP contribution is -2.25. The van der Waals surface area contributed by atoms with Gasteiger partial charge in [-0.1, -0.05) is 25.6 Å². The molecule has 0 saturated carbocycles. The van der Waals surface area contributed by atoms with Gasteiger partial charge in [0.1, 0.15) is 9.53 Å². The Morgan fingerprint density at radius 3 is 2.67 bits per heavy atom. The Morgan fingerprint density at radius 2 is 1.97 bits per heavy atom. The lowest BCUT2D eigenvalue weighted by Gasteiger charge is -2.14. The zero-order valence-electron chi connectivity index (χ0n) is 18.3. The van der Waals surface area contributed by atoms with Crippen LogP contribution >= 0.6 is 23.1 Å². The Bertz CT molecular complexity index is 1390. The summed E-state index contributed by atoms with van der Waals surface area (Å²) in [7, 11) is 1.31. The van der Waals surface area contributed by atoms with Crippen molar-refractivity contribution in [3.63, 3.8) is 0 Å². The molecule has 4 rings (SSSR count). The maximum atomic E-state index is 13.3. The fourth-order valence-corrected chi connectivity index (χ4v) is 5.14. The number of anilines is 1. The van der Waals surface area contributed by atoms with E-state index in [4.69, 9.17) is 4.98 Å². The van der Waals surface area contributed by atoms with Crippen molar-refractivity contribution >= 4 is 61.1 Å². The molecule has 3 aromatic heterocycles. The summed E-state index contributed by atoms with van der Waals surface area (Å²) in [6, 6.07) is 10.2. The van der Waals surface area contributed by atoms with Crippen LogP contribution in [0.4, 0.5) is 5.69 Å². The van der Waals surface area contributed by atoms with Crippen LogP contribution in [0.1, 0.15) is 24.2 Å². The molecule has 33 heavy (non-hydrogen) atoms. The van der Waals surface area contributed by atoms with E-state index in [1.54, 1.807) is 35.0 Å². The van der Waals surface area contributed by atoms with Gasteiger partial charge in [-0.05, 0) is 42.3 Å². The highest BCUT2D eigenvalue weighted by Crippen LogP contribution is 2.30. The summed E-state index contributed by atoms with van der Waals surface area (Å²) in [6.07, 6.45) is 1.70. The smallest absolute Gasteiger partial charge is 0.337 e. The van der Waals surface area contributed by atoms with Gasteiger partial charge < -0.3 is 10.1 Å². The maximum Gasteiger partial charge on any atom is 0.337 e. The molecular weight excluding hydrogens is 460 g/mol.